The first-order chi connectivity index (χ1) is 5.01. The van der Waals surface area contributed by atoms with Gasteiger partial charge < -0.3 is 0 Å². The fraction of sp³-hybridized carbons (Fsp3) is 1.00. The lowest BCUT2D eigenvalue weighted by molar-refractivity contribution is -0.490. The summed E-state index contributed by atoms with van der Waals surface area (Å²) in [5.41, 5.74) is -1.53. The van der Waals surface area contributed by atoms with Gasteiger partial charge in [0.2, 0.25) is 0 Å². The third kappa shape index (κ3) is 1.86. The predicted octanol–water partition coefficient (Wildman–Crippen LogP) is 0.664. The second kappa shape index (κ2) is 3.96. The van der Waals surface area contributed by atoms with Gasteiger partial charge in [0, 0.05) is 0 Å². The molecular formula is C5H14N2O4. The average molecular weight is 166 g/mol. The van der Waals surface area contributed by atoms with E-state index in [1.807, 2.05) is 0 Å². The zero-order valence-corrected chi connectivity index (χ0v) is 6.60. The van der Waals surface area contributed by atoms with Crippen molar-refractivity contribution in [3.8, 4) is 0 Å². The summed E-state index contributed by atoms with van der Waals surface area (Å²) < 4.78 is 0. The van der Waals surface area contributed by atoms with Crippen LogP contribution in [0, 0.1) is 0 Å². The SMILES string of the molecule is CCC(CC)(N(O)O)N(O)O. The van der Waals surface area contributed by atoms with Gasteiger partial charge in [0.25, 0.3) is 0 Å². The fourth-order valence-electron chi connectivity index (χ4n) is 0.896. The summed E-state index contributed by atoms with van der Waals surface area (Å²) in [6.45, 7) is 3.20. The molecule has 0 aromatic carbocycles. The van der Waals surface area contributed by atoms with Crippen LogP contribution in [0.2, 0.25) is 0 Å². The maximum atomic E-state index is 8.66. The fourth-order valence-corrected chi connectivity index (χ4v) is 0.896. The highest BCUT2D eigenvalue weighted by Crippen LogP contribution is 2.22. The van der Waals surface area contributed by atoms with Crippen LogP contribution in [-0.4, -0.2) is 36.9 Å². The molecule has 0 aliphatic rings. The van der Waals surface area contributed by atoms with E-state index in [4.69, 9.17) is 20.8 Å². The molecule has 0 bridgehead atoms. The molecule has 6 nitrogen and oxygen atoms in total. The Kier molecular flexibility index (Phi) is 3.87. The van der Waals surface area contributed by atoms with E-state index in [9.17, 15) is 0 Å². The Morgan fingerprint density at radius 1 is 0.909 bits per heavy atom. The van der Waals surface area contributed by atoms with Crippen LogP contribution >= 0.6 is 0 Å². The summed E-state index contributed by atoms with van der Waals surface area (Å²) >= 11 is 0. The molecule has 0 amide bonds. The van der Waals surface area contributed by atoms with E-state index in [1.165, 1.54) is 0 Å². The topological polar surface area (TPSA) is 87.4 Å². The van der Waals surface area contributed by atoms with Crippen molar-refractivity contribution in [1.82, 2.24) is 10.5 Å². The van der Waals surface area contributed by atoms with E-state index in [2.05, 4.69) is 0 Å². The minimum Gasteiger partial charge on any atom is -0.288 e. The van der Waals surface area contributed by atoms with E-state index < -0.39 is 5.66 Å². The monoisotopic (exact) mass is 166 g/mol. The van der Waals surface area contributed by atoms with Crippen LogP contribution in [0.25, 0.3) is 0 Å². The zero-order chi connectivity index (χ0) is 9.07. The largest absolute Gasteiger partial charge is 0.288 e. The van der Waals surface area contributed by atoms with Crippen LogP contribution in [0.15, 0.2) is 0 Å². The van der Waals surface area contributed by atoms with E-state index in [1.54, 1.807) is 13.8 Å². The molecule has 0 heterocycles. The molecule has 0 aliphatic carbocycles. The lowest BCUT2D eigenvalue weighted by atomic mass is 10.1. The first kappa shape index (κ1) is 10.8. The van der Waals surface area contributed by atoms with E-state index >= 15 is 0 Å². The van der Waals surface area contributed by atoms with Gasteiger partial charge in [0.15, 0.2) is 5.66 Å². The van der Waals surface area contributed by atoms with E-state index in [-0.39, 0.29) is 23.3 Å². The van der Waals surface area contributed by atoms with Gasteiger partial charge in [0.1, 0.15) is 0 Å². The van der Waals surface area contributed by atoms with Gasteiger partial charge in [-0.25, -0.2) is 0 Å². The number of hydroxylamine groups is 4. The molecule has 11 heavy (non-hydrogen) atoms. The zero-order valence-electron chi connectivity index (χ0n) is 6.60. The summed E-state index contributed by atoms with van der Waals surface area (Å²) in [6.07, 6.45) is 0.340. The van der Waals surface area contributed by atoms with Crippen molar-refractivity contribution in [3.05, 3.63) is 0 Å². The lowest BCUT2D eigenvalue weighted by Crippen LogP contribution is -2.55. The first-order valence-electron chi connectivity index (χ1n) is 3.37. The summed E-state index contributed by atoms with van der Waals surface area (Å²) in [4.78, 5) is 0. The molecule has 0 saturated heterocycles. The molecular weight excluding hydrogens is 152 g/mol. The molecule has 6 heteroatoms. The Labute approximate surface area is 64.7 Å². The number of nitrogens with zero attached hydrogens (tertiary/aromatic N) is 2. The van der Waals surface area contributed by atoms with Gasteiger partial charge in [-0.1, -0.05) is 13.8 Å². The molecule has 0 aromatic rings. The van der Waals surface area contributed by atoms with Gasteiger partial charge in [-0.05, 0) is 23.3 Å². The third-order valence-electron chi connectivity index (χ3n) is 1.88. The van der Waals surface area contributed by atoms with Crippen molar-refractivity contribution < 1.29 is 20.8 Å². The Bertz CT molecular complexity index is 103. The molecule has 0 fully saturated rings. The second-order valence-electron chi connectivity index (χ2n) is 2.27. The molecule has 0 atom stereocenters. The second-order valence-corrected chi connectivity index (χ2v) is 2.27. The Hall–Kier alpha value is -0.240. The molecule has 0 saturated carbocycles. The maximum absolute atomic E-state index is 8.66. The standard InChI is InChI=1S/C5H14N2O4/c1-3-5(4-2,6(8)9)7(10)11/h8-11H,3-4H2,1-2H3. The van der Waals surface area contributed by atoms with E-state index in [0.717, 1.165) is 0 Å². The third-order valence-corrected chi connectivity index (χ3v) is 1.88. The first-order valence-corrected chi connectivity index (χ1v) is 3.37. The summed E-state index contributed by atoms with van der Waals surface area (Å²) in [5, 5.41) is 34.2. The predicted molar refractivity (Wildman–Crippen MR) is 34.1 cm³/mol. The summed E-state index contributed by atoms with van der Waals surface area (Å²) in [7, 11) is 0. The van der Waals surface area contributed by atoms with Crippen molar-refractivity contribution in [2.75, 3.05) is 0 Å². The van der Waals surface area contributed by atoms with Gasteiger partial charge in [0.05, 0.1) is 0 Å². The van der Waals surface area contributed by atoms with Gasteiger partial charge in [-0.2, -0.15) is 0 Å². The van der Waals surface area contributed by atoms with Crippen LogP contribution in [0.5, 0.6) is 0 Å². The minimum absolute atomic E-state index is 0.170. The van der Waals surface area contributed by atoms with Crippen LogP contribution < -0.4 is 0 Å². The van der Waals surface area contributed by atoms with E-state index in [0.29, 0.717) is 0 Å². The number of rotatable bonds is 4. The summed E-state index contributed by atoms with van der Waals surface area (Å²) in [6, 6.07) is 0. The molecule has 0 aliphatic heterocycles. The highest BCUT2D eigenvalue weighted by molar-refractivity contribution is 4.72. The smallest absolute Gasteiger partial charge is 0.174 e. The van der Waals surface area contributed by atoms with Gasteiger partial charge in [-0.15, -0.1) is 0 Å². The van der Waals surface area contributed by atoms with Crippen molar-refractivity contribution >= 4 is 0 Å². The minimum atomic E-state index is -1.53. The molecule has 0 radical (unpaired) electrons. The van der Waals surface area contributed by atoms with Gasteiger partial charge >= 0.3 is 0 Å². The van der Waals surface area contributed by atoms with Crippen molar-refractivity contribution in [2.45, 2.75) is 32.4 Å². The van der Waals surface area contributed by atoms with Crippen LogP contribution in [0.3, 0.4) is 0 Å². The Balaban J connectivity index is 4.46. The molecule has 0 spiro atoms. The van der Waals surface area contributed by atoms with Gasteiger partial charge in [-0.3, -0.25) is 20.8 Å². The van der Waals surface area contributed by atoms with Crippen LogP contribution in [0.4, 0.5) is 0 Å². The number of hydrogen-bond acceptors (Lipinski definition) is 6. The van der Waals surface area contributed by atoms with Crippen LogP contribution in [0.1, 0.15) is 26.7 Å². The maximum Gasteiger partial charge on any atom is 0.174 e. The molecule has 0 rings (SSSR count). The lowest BCUT2D eigenvalue weighted by Gasteiger charge is -2.36. The molecule has 0 aromatic heterocycles. The average Bonchev–Trinajstić information content (AvgIpc) is 1.90. The molecule has 4 N–H and O–H groups in total. The summed E-state index contributed by atoms with van der Waals surface area (Å²) in [5.74, 6) is 0. The van der Waals surface area contributed by atoms with Crippen LogP contribution in [-0.2, 0) is 0 Å². The Morgan fingerprint density at radius 2 is 1.18 bits per heavy atom. The number of hydrogen-bond donors (Lipinski definition) is 4. The quantitative estimate of drug-likeness (QED) is 0.362. The molecule has 0 unspecified atom stereocenters. The van der Waals surface area contributed by atoms with Crippen molar-refractivity contribution in [3.63, 3.8) is 0 Å². The van der Waals surface area contributed by atoms with Crippen molar-refractivity contribution in [1.29, 1.82) is 0 Å². The highest BCUT2D eigenvalue weighted by atomic mass is 16.8. The van der Waals surface area contributed by atoms with Crippen molar-refractivity contribution in [2.24, 2.45) is 0 Å². The highest BCUT2D eigenvalue weighted by Gasteiger charge is 2.38. The Morgan fingerprint density at radius 3 is 1.18 bits per heavy atom. The molecule has 68 valence electrons. The normalized spacial score (nSPS) is 13.1.